The molecule has 0 amide bonds. The number of para-hydroxylation sites is 1. The van der Waals surface area contributed by atoms with Crippen molar-refractivity contribution >= 4 is 23.3 Å². The van der Waals surface area contributed by atoms with E-state index in [-0.39, 0.29) is 6.04 Å². The minimum absolute atomic E-state index is 0.142. The molecule has 0 saturated heterocycles. The van der Waals surface area contributed by atoms with Crippen LogP contribution in [0, 0.1) is 23.2 Å². The van der Waals surface area contributed by atoms with Crippen molar-refractivity contribution in [2.24, 2.45) is 11.8 Å². The van der Waals surface area contributed by atoms with E-state index in [1.807, 2.05) is 11.8 Å². The zero-order valence-electron chi connectivity index (χ0n) is 17.3. The summed E-state index contributed by atoms with van der Waals surface area (Å²) in [7, 11) is 0. The third kappa shape index (κ3) is 2.67. The molecule has 4 bridgehead atoms. The lowest BCUT2D eigenvalue weighted by molar-refractivity contribution is 0.164. The molecule has 5 aliphatic carbocycles. The first-order chi connectivity index (χ1) is 15.3. The third-order valence-electron chi connectivity index (χ3n) is 7.92. The maximum Gasteiger partial charge on any atom is 0.183 e. The van der Waals surface area contributed by atoms with Gasteiger partial charge in [-0.2, -0.15) is 5.26 Å². The third-order valence-corrected chi connectivity index (χ3v) is 9.23. The number of nitrogens with zero attached hydrogens (tertiary/aromatic N) is 4. The van der Waals surface area contributed by atoms with Crippen LogP contribution in [0.3, 0.4) is 0 Å². The van der Waals surface area contributed by atoms with Gasteiger partial charge < -0.3 is 4.90 Å². The molecule has 5 heteroatoms. The van der Waals surface area contributed by atoms with E-state index in [4.69, 9.17) is 9.97 Å². The van der Waals surface area contributed by atoms with Gasteiger partial charge >= 0.3 is 0 Å². The highest BCUT2D eigenvalue weighted by Gasteiger charge is 2.45. The first-order valence-electron chi connectivity index (χ1n) is 11.5. The smallest absolute Gasteiger partial charge is 0.183 e. The van der Waals surface area contributed by atoms with Crippen LogP contribution in [0.1, 0.15) is 61.0 Å². The molecule has 2 saturated carbocycles. The van der Waals surface area contributed by atoms with E-state index in [0.717, 1.165) is 29.0 Å². The summed E-state index contributed by atoms with van der Waals surface area (Å²) < 4.78 is 0. The minimum Gasteiger partial charge on any atom is -0.314 e. The summed E-state index contributed by atoms with van der Waals surface area (Å²) in [5.74, 6) is 3.39. The molecule has 4 nitrogen and oxygen atoms in total. The standard InChI is InChI=1S/C26H24N4S/c27-14-19-26(29-25-18-12-15-9-16(13-18)11-17(10-15)24(25)28-19)30-20-5-1-3-7-22(20)31-23-8-4-2-6-21(23)30/h1-8,15-18,20,22H,9-13H2. The van der Waals surface area contributed by atoms with Crippen LogP contribution >= 0.6 is 11.8 Å². The first kappa shape index (κ1) is 18.0. The molecule has 6 aliphatic rings. The zero-order chi connectivity index (χ0) is 20.5. The monoisotopic (exact) mass is 424 g/mol. The van der Waals surface area contributed by atoms with E-state index in [1.54, 1.807) is 0 Å². The minimum atomic E-state index is 0.142. The van der Waals surface area contributed by atoms with Gasteiger partial charge in [-0.3, -0.25) is 0 Å². The van der Waals surface area contributed by atoms with E-state index < -0.39 is 0 Å². The second-order valence-corrected chi connectivity index (χ2v) is 11.0. The molecule has 1 aliphatic heterocycles. The number of nitriles is 1. The van der Waals surface area contributed by atoms with Crippen molar-refractivity contribution in [3.05, 3.63) is 65.7 Å². The Bertz CT molecular complexity index is 1160. The fourth-order valence-corrected chi connectivity index (χ4v) is 8.09. The highest BCUT2D eigenvalue weighted by molar-refractivity contribution is 8.00. The Labute approximate surface area is 187 Å². The molecule has 2 fully saturated rings. The van der Waals surface area contributed by atoms with Crippen LogP contribution in [-0.2, 0) is 0 Å². The Hall–Kier alpha value is -2.58. The average molecular weight is 425 g/mol. The molecule has 0 spiro atoms. The van der Waals surface area contributed by atoms with Gasteiger partial charge in [-0.15, -0.1) is 11.8 Å². The number of thioether (sulfide) groups is 1. The van der Waals surface area contributed by atoms with Gasteiger partial charge in [0.25, 0.3) is 0 Å². The van der Waals surface area contributed by atoms with Gasteiger partial charge in [0.2, 0.25) is 0 Å². The Balaban J connectivity index is 1.44. The summed E-state index contributed by atoms with van der Waals surface area (Å²) in [5, 5.41) is 10.5. The van der Waals surface area contributed by atoms with Crippen molar-refractivity contribution in [1.29, 1.82) is 5.26 Å². The number of anilines is 2. The van der Waals surface area contributed by atoms with Crippen LogP contribution < -0.4 is 4.90 Å². The number of aromatic nitrogens is 2. The second kappa shape index (κ2) is 6.71. The summed E-state index contributed by atoms with van der Waals surface area (Å²) in [6.45, 7) is 0. The molecule has 1 aromatic heterocycles. The Morgan fingerprint density at radius 1 is 0.903 bits per heavy atom. The number of benzene rings is 1. The maximum atomic E-state index is 10.1. The van der Waals surface area contributed by atoms with Crippen molar-refractivity contribution < 1.29 is 0 Å². The predicted octanol–water partition coefficient (Wildman–Crippen LogP) is 5.85. The fraction of sp³-hybridized carbons (Fsp3) is 0.423. The van der Waals surface area contributed by atoms with E-state index in [1.165, 1.54) is 42.7 Å². The van der Waals surface area contributed by atoms with Crippen LogP contribution in [0.15, 0.2) is 53.5 Å². The highest BCUT2D eigenvalue weighted by Crippen LogP contribution is 2.56. The number of rotatable bonds is 1. The van der Waals surface area contributed by atoms with Crippen molar-refractivity contribution in [2.75, 3.05) is 4.90 Å². The number of hydrogen-bond donors (Lipinski definition) is 0. The second-order valence-electron chi connectivity index (χ2n) is 9.76. The molecular weight excluding hydrogens is 400 g/mol. The normalized spacial score (nSPS) is 34.0. The predicted molar refractivity (Wildman–Crippen MR) is 123 cm³/mol. The van der Waals surface area contributed by atoms with Gasteiger partial charge in [0.05, 0.1) is 28.4 Å². The van der Waals surface area contributed by atoms with E-state index >= 15 is 0 Å². The van der Waals surface area contributed by atoms with Crippen LogP contribution in [0.2, 0.25) is 0 Å². The number of hydrogen-bond acceptors (Lipinski definition) is 5. The fourth-order valence-electron chi connectivity index (χ4n) is 6.83. The number of fused-ring (bicyclic) bond motifs is 2. The van der Waals surface area contributed by atoms with Gasteiger partial charge in [0.1, 0.15) is 6.07 Å². The summed E-state index contributed by atoms with van der Waals surface area (Å²) in [5.41, 5.74) is 3.97. The van der Waals surface area contributed by atoms with E-state index in [0.29, 0.717) is 22.8 Å². The van der Waals surface area contributed by atoms with Gasteiger partial charge in [0.15, 0.2) is 11.5 Å². The average Bonchev–Trinajstić information content (AvgIpc) is 2.96. The topological polar surface area (TPSA) is 52.8 Å². The lowest BCUT2D eigenvalue weighted by Crippen LogP contribution is -2.42. The van der Waals surface area contributed by atoms with Gasteiger partial charge in [-0.25, -0.2) is 9.97 Å². The molecule has 0 N–H and O–H groups in total. The highest BCUT2D eigenvalue weighted by atomic mass is 32.2. The van der Waals surface area contributed by atoms with Crippen molar-refractivity contribution in [2.45, 2.75) is 60.1 Å². The molecule has 31 heavy (non-hydrogen) atoms. The number of allylic oxidation sites excluding steroid dienone is 2. The Morgan fingerprint density at radius 2 is 1.61 bits per heavy atom. The summed E-state index contributed by atoms with van der Waals surface area (Å²) >= 11 is 1.90. The van der Waals surface area contributed by atoms with Crippen molar-refractivity contribution in [3.8, 4) is 6.07 Å². The molecule has 154 valence electrons. The van der Waals surface area contributed by atoms with Gasteiger partial charge in [0, 0.05) is 16.7 Å². The van der Waals surface area contributed by atoms with Crippen LogP contribution in [0.4, 0.5) is 11.5 Å². The summed E-state index contributed by atoms with van der Waals surface area (Å²) in [6, 6.07) is 11.1. The lowest BCUT2D eigenvalue weighted by Gasteiger charge is -2.41. The van der Waals surface area contributed by atoms with Gasteiger partial charge in [-0.05, 0) is 56.1 Å². The van der Waals surface area contributed by atoms with E-state index in [2.05, 4.69) is 59.5 Å². The molecule has 2 heterocycles. The molecule has 8 rings (SSSR count). The Kier molecular flexibility index (Phi) is 3.90. The van der Waals surface area contributed by atoms with Crippen LogP contribution in [-0.4, -0.2) is 21.3 Å². The molecule has 0 radical (unpaired) electrons. The molecule has 4 atom stereocenters. The zero-order valence-corrected chi connectivity index (χ0v) is 18.1. The van der Waals surface area contributed by atoms with Crippen LogP contribution in [0.25, 0.3) is 0 Å². The molecule has 2 aromatic rings. The van der Waals surface area contributed by atoms with Crippen molar-refractivity contribution in [3.63, 3.8) is 0 Å². The molecule has 4 unspecified atom stereocenters. The largest absolute Gasteiger partial charge is 0.314 e. The molecular formula is C26H24N4S. The summed E-state index contributed by atoms with van der Waals surface area (Å²) in [6.07, 6.45) is 15.1. The first-order valence-corrected chi connectivity index (χ1v) is 12.4. The van der Waals surface area contributed by atoms with Crippen LogP contribution in [0.5, 0.6) is 0 Å². The van der Waals surface area contributed by atoms with E-state index in [9.17, 15) is 5.26 Å². The Morgan fingerprint density at radius 3 is 2.39 bits per heavy atom. The lowest BCUT2D eigenvalue weighted by atomic mass is 9.67. The van der Waals surface area contributed by atoms with Gasteiger partial charge in [-0.1, -0.05) is 36.4 Å². The summed E-state index contributed by atoms with van der Waals surface area (Å²) in [4.78, 5) is 13.9. The maximum absolute atomic E-state index is 10.1. The van der Waals surface area contributed by atoms with Crippen molar-refractivity contribution in [1.82, 2.24) is 9.97 Å². The SMILES string of the molecule is N#Cc1nc2c(nc1N1c3ccccc3SC3C=CC=CC31)C1CC3CC(CC2C3)C1. The quantitative estimate of drug-likeness (QED) is 0.575. The molecule has 1 aromatic carbocycles.